The van der Waals surface area contributed by atoms with Gasteiger partial charge >= 0.3 is 5.97 Å². The van der Waals surface area contributed by atoms with Gasteiger partial charge in [-0.05, 0) is 104 Å². The quantitative estimate of drug-likeness (QED) is 0.456. The number of cyclic esters (lactones) is 1. The predicted molar refractivity (Wildman–Crippen MR) is 126 cm³/mol. The van der Waals surface area contributed by atoms with Crippen LogP contribution in [0.4, 0.5) is 4.39 Å². The van der Waals surface area contributed by atoms with Crippen LogP contribution >= 0.6 is 0 Å². The fraction of sp³-hybridized carbons (Fsp3) is 0.552. The average Bonchev–Trinajstić information content (AvgIpc) is 2.78. The molecule has 1 aliphatic heterocycles. The van der Waals surface area contributed by atoms with E-state index in [1.165, 1.54) is 62.5 Å². The lowest BCUT2D eigenvalue weighted by Gasteiger charge is -2.48. The van der Waals surface area contributed by atoms with E-state index in [-0.39, 0.29) is 23.3 Å². The molecular formula is C29H35FO2. The van der Waals surface area contributed by atoms with E-state index in [4.69, 9.17) is 4.74 Å². The highest BCUT2D eigenvalue weighted by atomic mass is 19.1. The fourth-order valence-electron chi connectivity index (χ4n) is 6.26. The second kappa shape index (κ2) is 9.00. The first-order valence-electron chi connectivity index (χ1n) is 12.6. The van der Waals surface area contributed by atoms with Crippen LogP contribution in [0.15, 0.2) is 47.6 Å². The summed E-state index contributed by atoms with van der Waals surface area (Å²) in [5.74, 6) is 0.463. The molecule has 1 aromatic rings. The second-order valence-electron chi connectivity index (χ2n) is 10.4. The molecule has 5 rings (SSSR count). The van der Waals surface area contributed by atoms with E-state index in [0.29, 0.717) is 17.9 Å². The van der Waals surface area contributed by atoms with Crippen LogP contribution < -0.4 is 0 Å². The summed E-state index contributed by atoms with van der Waals surface area (Å²) in [6, 6.07) is 5.56. The summed E-state index contributed by atoms with van der Waals surface area (Å²) in [7, 11) is 0. The first kappa shape index (κ1) is 21.7. The molecule has 0 amide bonds. The highest BCUT2D eigenvalue weighted by molar-refractivity contribution is 5.82. The van der Waals surface area contributed by atoms with Crippen LogP contribution in [0.25, 0.3) is 5.57 Å². The summed E-state index contributed by atoms with van der Waals surface area (Å²) in [4.78, 5) is 11.8. The van der Waals surface area contributed by atoms with Gasteiger partial charge in [0.15, 0.2) is 0 Å². The second-order valence-corrected chi connectivity index (χ2v) is 10.4. The zero-order chi connectivity index (χ0) is 22.1. The number of carbonyl (C=O) groups excluding carboxylic acids is 1. The molecule has 0 bridgehead atoms. The van der Waals surface area contributed by atoms with E-state index >= 15 is 0 Å². The van der Waals surface area contributed by atoms with E-state index < -0.39 is 0 Å². The van der Waals surface area contributed by atoms with Crippen molar-refractivity contribution in [3.05, 3.63) is 64.5 Å². The molecule has 0 radical (unpaired) electrons. The maximum atomic E-state index is 14.1. The van der Waals surface area contributed by atoms with E-state index in [1.54, 1.807) is 11.6 Å². The molecule has 1 atom stereocenters. The SMILES string of the molecule is Cc1cc(C2=C(/C=C/C3CCCC(=O)O3)C3(CCC3)CC(C3CCCCC3)=C2)ccc1F. The number of rotatable bonds is 4. The van der Waals surface area contributed by atoms with Crippen molar-refractivity contribution < 1.29 is 13.9 Å². The Labute approximate surface area is 191 Å². The summed E-state index contributed by atoms with van der Waals surface area (Å²) >= 11 is 0. The number of aryl methyl sites for hydroxylation is 1. The molecule has 3 fully saturated rings. The van der Waals surface area contributed by atoms with E-state index in [0.717, 1.165) is 24.8 Å². The highest BCUT2D eigenvalue weighted by Crippen LogP contribution is 2.58. The number of hydrogen-bond donors (Lipinski definition) is 0. The topological polar surface area (TPSA) is 26.3 Å². The number of halogens is 1. The van der Waals surface area contributed by atoms with Gasteiger partial charge in [0.2, 0.25) is 0 Å². The van der Waals surface area contributed by atoms with Crippen LogP contribution in [0.5, 0.6) is 0 Å². The lowest BCUT2D eigenvalue weighted by Crippen LogP contribution is -2.35. The van der Waals surface area contributed by atoms with Crippen molar-refractivity contribution in [1.29, 1.82) is 0 Å². The smallest absolute Gasteiger partial charge is 0.306 e. The predicted octanol–water partition coefficient (Wildman–Crippen LogP) is 7.62. The first-order chi connectivity index (χ1) is 15.5. The molecule has 32 heavy (non-hydrogen) atoms. The summed E-state index contributed by atoms with van der Waals surface area (Å²) in [6.45, 7) is 1.85. The number of benzene rings is 1. The molecule has 1 saturated heterocycles. The third-order valence-electron chi connectivity index (χ3n) is 8.27. The monoisotopic (exact) mass is 434 g/mol. The van der Waals surface area contributed by atoms with E-state index in [2.05, 4.69) is 18.2 Å². The average molecular weight is 435 g/mol. The Balaban J connectivity index is 1.58. The molecule has 1 unspecified atom stereocenters. The summed E-state index contributed by atoms with van der Waals surface area (Å²) in [5, 5.41) is 0. The molecule has 1 spiro atoms. The van der Waals surface area contributed by atoms with Gasteiger partial charge in [-0.3, -0.25) is 4.79 Å². The Hall–Kier alpha value is -2.16. The van der Waals surface area contributed by atoms with Crippen LogP contribution in [0.1, 0.15) is 88.2 Å². The van der Waals surface area contributed by atoms with Gasteiger partial charge in [0.1, 0.15) is 11.9 Å². The van der Waals surface area contributed by atoms with Gasteiger partial charge in [0.05, 0.1) is 0 Å². The Morgan fingerprint density at radius 2 is 1.88 bits per heavy atom. The zero-order valence-corrected chi connectivity index (χ0v) is 19.3. The van der Waals surface area contributed by atoms with Gasteiger partial charge in [-0.25, -0.2) is 4.39 Å². The minimum Gasteiger partial charge on any atom is -0.458 e. The van der Waals surface area contributed by atoms with Crippen molar-refractivity contribution >= 4 is 11.5 Å². The van der Waals surface area contributed by atoms with Gasteiger partial charge in [-0.1, -0.05) is 49.5 Å². The normalized spacial score (nSPS) is 26.2. The zero-order valence-electron chi connectivity index (χ0n) is 19.3. The Morgan fingerprint density at radius 1 is 1.06 bits per heavy atom. The Morgan fingerprint density at radius 3 is 2.56 bits per heavy atom. The van der Waals surface area contributed by atoms with Gasteiger partial charge in [-0.15, -0.1) is 0 Å². The lowest BCUT2D eigenvalue weighted by molar-refractivity contribution is -0.150. The minimum atomic E-state index is -0.147. The van der Waals surface area contributed by atoms with Crippen LogP contribution in [-0.2, 0) is 9.53 Å². The molecule has 4 aliphatic rings. The Kier molecular flexibility index (Phi) is 6.09. The summed E-state index contributed by atoms with van der Waals surface area (Å²) in [5.41, 5.74) is 6.24. The summed E-state index contributed by atoms with van der Waals surface area (Å²) in [6.07, 6.45) is 20.5. The summed E-state index contributed by atoms with van der Waals surface area (Å²) < 4.78 is 19.7. The van der Waals surface area contributed by atoms with Gasteiger partial charge in [0.25, 0.3) is 0 Å². The van der Waals surface area contributed by atoms with Crippen molar-refractivity contribution in [2.24, 2.45) is 11.3 Å². The molecule has 0 N–H and O–H groups in total. The van der Waals surface area contributed by atoms with Crippen molar-refractivity contribution in [2.75, 3.05) is 0 Å². The first-order valence-corrected chi connectivity index (χ1v) is 12.6. The van der Waals surface area contributed by atoms with Gasteiger partial charge in [0, 0.05) is 6.42 Å². The standard InChI is InChI=1S/C29H35FO2/c1-20-17-22(11-14-27(20)30)25-18-23(21-7-3-2-4-8-21)19-29(15-6-16-29)26(25)13-12-24-9-5-10-28(31)32-24/h11-14,17-18,21,24H,2-10,15-16,19H2,1H3/b13-12+. The molecule has 3 aliphatic carbocycles. The van der Waals surface area contributed by atoms with Gasteiger partial charge in [-0.2, -0.15) is 0 Å². The maximum Gasteiger partial charge on any atom is 0.306 e. The molecule has 2 nitrogen and oxygen atoms in total. The van der Waals surface area contributed by atoms with E-state index in [1.807, 2.05) is 19.1 Å². The molecule has 2 saturated carbocycles. The van der Waals surface area contributed by atoms with Crippen molar-refractivity contribution in [3.8, 4) is 0 Å². The van der Waals surface area contributed by atoms with E-state index in [9.17, 15) is 9.18 Å². The number of carbonyl (C=O) groups is 1. The number of hydrogen-bond acceptors (Lipinski definition) is 2. The minimum absolute atomic E-state index is 0.0873. The molecule has 3 heteroatoms. The Bertz CT molecular complexity index is 973. The molecular weight excluding hydrogens is 399 g/mol. The van der Waals surface area contributed by atoms with Crippen LogP contribution in [0, 0.1) is 24.1 Å². The number of allylic oxidation sites excluding steroid dienone is 5. The van der Waals surface area contributed by atoms with Crippen LogP contribution in [-0.4, -0.2) is 12.1 Å². The third-order valence-corrected chi connectivity index (χ3v) is 8.27. The number of esters is 1. The molecule has 170 valence electrons. The largest absolute Gasteiger partial charge is 0.458 e. The third kappa shape index (κ3) is 4.23. The number of ether oxygens (including phenoxy) is 1. The lowest BCUT2D eigenvalue weighted by atomic mass is 9.56. The molecule has 0 aromatic heterocycles. The van der Waals surface area contributed by atoms with Crippen molar-refractivity contribution in [1.82, 2.24) is 0 Å². The van der Waals surface area contributed by atoms with Crippen LogP contribution in [0.2, 0.25) is 0 Å². The molecule has 1 aromatic carbocycles. The van der Waals surface area contributed by atoms with Crippen molar-refractivity contribution in [2.45, 2.75) is 90.1 Å². The van der Waals surface area contributed by atoms with Crippen LogP contribution in [0.3, 0.4) is 0 Å². The van der Waals surface area contributed by atoms with Gasteiger partial charge < -0.3 is 4.74 Å². The highest BCUT2D eigenvalue weighted by Gasteiger charge is 2.44. The maximum absolute atomic E-state index is 14.1. The molecule has 1 heterocycles. The van der Waals surface area contributed by atoms with Crippen molar-refractivity contribution in [3.63, 3.8) is 0 Å². The fourth-order valence-corrected chi connectivity index (χ4v) is 6.26.